The summed E-state index contributed by atoms with van der Waals surface area (Å²) in [5.74, 6) is 0.229. The third-order valence-corrected chi connectivity index (χ3v) is 5.51. The van der Waals surface area contributed by atoms with E-state index in [-0.39, 0.29) is 6.10 Å². The van der Waals surface area contributed by atoms with Crippen molar-refractivity contribution in [2.75, 3.05) is 12.4 Å². The van der Waals surface area contributed by atoms with Crippen molar-refractivity contribution < 1.29 is 19.4 Å². The van der Waals surface area contributed by atoms with Crippen LogP contribution in [0.25, 0.3) is 0 Å². The summed E-state index contributed by atoms with van der Waals surface area (Å²) in [6, 6.07) is 16.8. The molecular formula is C19H19ClO4S. The predicted octanol–water partition coefficient (Wildman–Crippen LogP) is 4.51. The Hall–Kier alpha value is -1.69. The lowest BCUT2D eigenvalue weighted by Gasteiger charge is -2.37. The molecule has 1 aliphatic heterocycles. The van der Waals surface area contributed by atoms with Crippen LogP contribution in [0.4, 0.5) is 0 Å². The SMILES string of the molecule is O=C(O)C1(Oc2ccc(Cl)cc2)CCOC(CSc2ccccc2)C1. The highest BCUT2D eigenvalue weighted by atomic mass is 35.5. The van der Waals surface area contributed by atoms with Gasteiger partial charge in [0.1, 0.15) is 5.75 Å². The normalized spacial score (nSPS) is 23.2. The molecule has 2 aromatic carbocycles. The van der Waals surface area contributed by atoms with Gasteiger partial charge in [0.2, 0.25) is 5.60 Å². The maximum absolute atomic E-state index is 12.0. The van der Waals surface area contributed by atoms with Crippen LogP contribution in [0.5, 0.6) is 5.75 Å². The van der Waals surface area contributed by atoms with Crippen LogP contribution in [0.3, 0.4) is 0 Å². The Labute approximate surface area is 156 Å². The molecule has 1 aliphatic rings. The van der Waals surface area contributed by atoms with Gasteiger partial charge in [0.05, 0.1) is 12.7 Å². The molecule has 0 radical (unpaired) electrons. The number of benzene rings is 2. The largest absolute Gasteiger partial charge is 0.478 e. The van der Waals surface area contributed by atoms with E-state index in [0.717, 1.165) is 4.90 Å². The molecule has 4 nitrogen and oxygen atoms in total. The monoisotopic (exact) mass is 378 g/mol. The van der Waals surface area contributed by atoms with Gasteiger partial charge in [-0.15, -0.1) is 11.8 Å². The Morgan fingerprint density at radius 2 is 1.96 bits per heavy atom. The molecule has 1 saturated heterocycles. The van der Waals surface area contributed by atoms with E-state index in [1.807, 2.05) is 30.3 Å². The fraction of sp³-hybridized carbons (Fsp3) is 0.316. The van der Waals surface area contributed by atoms with Gasteiger partial charge in [-0.1, -0.05) is 29.8 Å². The summed E-state index contributed by atoms with van der Waals surface area (Å²) in [7, 11) is 0. The highest BCUT2D eigenvalue weighted by molar-refractivity contribution is 7.99. The highest BCUT2D eigenvalue weighted by Gasteiger charge is 2.46. The Morgan fingerprint density at radius 3 is 2.64 bits per heavy atom. The van der Waals surface area contributed by atoms with Crippen molar-refractivity contribution in [2.24, 2.45) is 0 Å². The Bertz CT molecular complexity index is 707. The fourth-order valence-corrected chi connectivity index (χ4v) is 3.86. The smallest absolute Gasteiger partial charge is 0.348 e. The topological polar surface area (TPSA) is 55.8 Å². The molecule has 1 N–H and O–H groups in total. The van der Waals surface area contributed by atoms with Crippen LogP contribution in [-0.2, 0) is 9.53 Å². The Kier molecular flexibility index (Phi) is 5.89. The second kappa shape index (κ2) is 8.13. The molecule has 6 heteroatoms. The van der Waals surface area contributed by atoms with Crippen molar-refractivity contribution in [3.05, 3.63) is 59.6 Å². The minimum Gasteiger partial charge on any atom is -0.478 e. The maximum Gasteiger partial charge on any atom is 0.348 e. The van der Waals surface area contributed by atoms with Crippen molar-refractivity contribution in [2.45, 2.75) is 29.4 Å². The molecule has 132 valence electrons. The van der Waals surface area contributed by atoms with E-state index in [1.165, 1.54) is 0 Å². The molecule has 2 aromatic rings. The standard InChI is InChI=1S/C19H19ClO4S/c20-14-6-8-15(9-7-14)24-19(18(21)22)10-11-23-16(12-19)13-25-17-4-2-1-3-5-17/h1-9,16H,10-13H2,(H,21,22). The summed E-state index contributed by atoms with van der Waals surface area (Å²) in [6.07, 6.45) is 0.449. The van der Waals surface area contributed by atoms with E-state index >= 15 is 0 Å². The first-order chi connectivity index (χ1) is 12.1. The summed E-state index contributed by atoms with van der Waals surface area (Å²) in [5, 5.41) is 10.4. The van der Waals surface area contributed by atoms with Gasteiger partial charge < -0.3 is 14.6 Å². The third kappa shape index (κ3) is 4.69. The molecule has 0 amide bonds. The Balaban J connectivity index is 1.68. The maximum atomic E-state index is 12.0. The first kappa shape index (κ1) is 18.1. The average molecular weight is 379 g/mol. The van der Waals surface area contributed by atoms with E-state index in [0.29, 0.717) is 36.0 Å². The Morgan fingerprint density at radius 1 is 1.24 bits per heavy atom. The number of ether oxygens (including phenoxy) is 2. The second-order valence-electron chi connectivity index (χ2n) is 5.93. The van der Waals surface area contributed by atoms with Gasteiger partial charge in [0.15, 0.2) is 0 Å². The zero-order valence-corrected chi connectivity index (χ0v) is 15.1. The van der Waals surface area contributed by atoms with E-state index < -0.39 is 11.6 Å². The van der Waals surface area contributed by atoms with Gasteiger partial charge in [0.25, 0.3) is 0 Å². The van der Waals surface area contributed by atoms with Gasteiger partial charge in [-0.05, 0) is 36.4 Å². The number of carboxylic acid groups (broad SMARTS) is 1. The summed E-state index contributed by atoms with van der Waals surface area (Å²) >= 11 is 7.54. The van der Waals surface area contributed by atoms with Gasteiger partial charge in [-0.3, -0.25) is 0 Å². The lowest BCUT2D eigenvalue weighted by atomic mass is 9.90. The number of rotatable bonds is 6. The van der Waals surface area contributed by atoms with E-state index in [4.69, 9.17) is 21.1 Å². The number of aliphatic carboxylic acids is 1. The lowest BCUT2D eigenvalue weighted by Crippen LogP contribution is -2.52. The van der Waals surface area contributed by atoms with Crippen LogP contribution in [-0.4, -0.2) is 35.1 Å². The molecule has 0 spiro atoms. The molecule has 1 heterocycles. The minimum atomic E-state index is -1.27. The zero-order chi connectivity index (χ0) is 17.7. The number of thioether (sulfide) groups is 1. The van der Waals surface area contributed by atoms with Crippen molar-refractivity contribution >= 4 is 29.3 Å². The number of hydrogen-bond donors (Lipinski definition) is 1. The quantitative estimate of drug-likeness (QED) is 0.749. The van der Waals surface area contributed by atoms with Gasteiger partial charge in [-0.2, -0.15) is 0 Å². The molecule has 1 fully saturated rings. The number of carbonyl (C=O) groups is 1. The second-order valence-corrected chi connectivity index (χ2v) is 7.46. The van der Waals surface area contributed by atoms with Crippen LogP contribution in [0.2, 0.25) is 5.02 Å². The fourth-order valence-electron chi connectivity index (χ4n) is 2.79. The summed E-state index contributed by atoms with van der Waals surface area (Å²) in [5.41, 5.74) is -1.27. The van der Waals surface area contributed by atoms with Crippen LogP contribution in [0.1, 0.15) is 12.8 Å². The van der Waals surface area contributed by atoms with E-state index in [2.05, 4.69) is 0 Å². The van der Waals surface area contributed by atoms with Gasteiger partial charge in [0, 0.05) is 28.5 Å². The molecule has 2 unspecified atom stereocenters. The third-order valence-electron chi connectivity index (χ3n) is 4.11. The molecule has 0 aliphatic carbocycles. The van der Waals surface area contributed by atoms with Crippen molar-refractivity contribution in [1.29, 1.82) is 0 Å². The van der Waals surface area contributed by atoms with Crippen LogP contribution in [0.15, 0.2) is 59.5 Å². The van der Waals surface area contributed by atoms with E-state index in [9.17, 15) is 9.90 Å². The van der Waals surface area contributed by atoms with Crippen LogP contribution >= 0.6 is 23.4 Å². The number of halogens is 1. The number of carboxylic acids is 1. The van der Waals surface area contributed by atoms with E-state index in [1.54, 1.807) is 36.0 Å². The summed E-state index contributed by atoms with van der Waals surface area (Å²) in [6.45, 7) is 0.361. The molecule has 25 heavy (non-hydrogen) atoms. The van der Waals surface area contributed by atoms with Crippen molar-refractivity contribution in [3.63, 3.8) is 0 Å². The molecule has 2 atom stereocenters. The molecular weight excluding hydrogens is 360 g/mol. The van der Waals surface area contributed by atoms with Crippen molar-refractivity contribution in [3.8, 4) is 5.75 Å². The van der Waals surface area contributed by atoms with Crippen LogP contribution < -0.4 is 4.74 Å². The van der Waals surface area contributed by atoms with Gasteiger partial charge in [-0.25, -0.2) is 4.79 Å². The summed E-state index contributed by atoms with van der Waals surface area (Å²) < 4.78 is 11.7. The minimum absolute atomic E-state index is 0.178. The van der Waals surface area contributed by atoms with Crippen molar-refractivity contribution in [1.82, 2.24) is 0 Å². The first-order valence-electron chi connectivity index (χ1n) is 8.05. The first-order valence-corrected chi connectivity index (χ1v) is 9.41. The molecule has 0 saturated carbocycles. The highest BCUT2D eigenvalue weighted by Crippen LogP contribution is 2.33. The molecule has 0 aromatic heterocycles. The average Bonchev–Trinajstić information content (AvgIpc) is 2.63. The zero-order valence-electron chi connectivity index (χ0n) is 13.6. The predicted molar refractivity (Wildman–Crippen MR) is 98.6 cm³/mol. The molecule has 0 bridgehead atoms. The van der Waals surface area contributed by atoms with Gasteiger partial charge >= 0.3 is 5.97 Å². The summed E-state index contributed by atoms with van der Waals surface area (Å²) in [4.78, 5) is 13.1. The van der Waals surface area contributed by atoms with Crippen LogP contribution in [0, 0.1) is 0 Å². The number of hydrogen-bond acceptors (Lipinski definition) is 4. The lowest BCUT2D eigenvalue weighted by molar-refractivity contribution is -0.168. The molecule has 3 rings (SSSR count).